The fraction of sp³-hybridized carbons (Fsp3) is 0.875. The summed E-state index contributed by atoms with van der Waals surface area (Å²) in [5.74, 6) is 7.50. The summed E-state index contributed by atoms with van der Waals surface area (Å²) in [6.07, 6.45) is 12.9. The molecule has 0 aliphatic rings. The van der Waals surface area contributed by atoms with Gasteiger partial charge >= 0.3 is 0 Å². The van der Waals surface area contributed by atoms with Gasteiger partial charge in [-0.25, -0.2) is 0 Å². The molecule has 0 N–H and O–H groups in total. The molecule has 1 unspecified atom stereocenters. The van der Waals surface area contributed by atoms with Crippen LogP contribution in [-0.2, 0) is 0 Å². The fourth-order valence-corrected chi connectivity index (χ4v) is 1.98. The molecule has 1 atom stereocenters. The van der Waals surface area contributed by atoms with Crippen LogP contribution in [0.4, 0.5) is 0 Å². The lowest BCUT2D eigenvalue weighted by Crippen LogP contribution is -1.93. The minimum absolute atomic E-state index is 0.919. The summed E-state index contributed by atoms with van der Waals surface area (Å²) in [6, 6.07) is 0. The molecule has 0 saturated carbocycles. The van der Waals surface area contributed by atoms with Crippen molar-refractivity contribution in [3.8, 4) is 11.8 Å². The second-order valence-corrected chi connectivity index (χ2v) is 4.95. The Morgan fingerprint density at radius 3 is 1.94 bits per heavy atom. The Hall–Kier alpha value is -0.440. The van der Waals surface area contributed by atoms with Crippen LogP contribution in [0.15, 0.2) is 0 Å². The van der Waals surface area contributed by atoms with Gasteiger partial charge in [0.1, 0.15) is 0 Å². The summed E-state index contributed by atoms with van der Waals surface area (Å²) >= 11 is 0. The summed E-state index contributed by atoms with van der Waals surface area (Å²) in [5, 5.41) is 0. The third kappa shape index (κ3) is 11.6. The van der Waals surface area contributed by atoms with Gasteiger partial charge in [-0.05, 0) is 18.8 Å². The molecule has 16 heavy (non-hydrogen) atoms. The second kappa shape index (κ2) is 12.6. The molecule has 0 aliphatic heterocycles. The second-order valence-electron chi connectivity index (χ2n) is 4.95. The SMILES string of the molecule is CCCCCC#CCCCCC(C)CCC. The zero-order valence-corrected chi connectivity index (χ0v) is 11.6. The van der Waals surface area contributed by atoms with Crippen LogP contribution in [0.1, 0.15) is 85.0 Å². The smallest absolute Gasteiger partial charge is 0.00886 e. The number of rotatable bonds is 9. The van der Waals surface area contributed by atoms with Crippen LogP contribution in [0, 0.1) is 17.8 Å². The van der Waals surface area contributed by atoms with Crippen LogP contribution in [0.2, 0.25) is 0 Å². The standard InChI is InChI=1S/C16H30/c1-4-6-7-8-9-10-11-12-13-15-16(3)14-5-2/h16H,4-8,11-15H2,1-3H3. The Bertz CT molecular complexity index is 182. The van der Waals surface area contributed by atoms with Crippen LogP contribution >= 0.6 is 0 Å². The van der Waals surface area contributed by atoms with Crippen molar-refractivity contribution in [1.29, 1.82) is 0 Å². The highest BCUT2D eigenvalue weighted by Gasteiger charge is 1.98. The van der Waals surface area contributed by atoms with Gasteiger partial charge in [0.25, 0.3) is 0 Å². The topological polar surface area (TPSA) is 0 Å². The highest BCUT2D eigenvalue weighted by Crippen LogP contribution is 2.14. The van der Waals surface area contributed by atoms with Crippen molar-refractivity contribution in [2.45, 2.75) is 85.0 Å². The molecule has 0 radical (unpaired) electrons. The molecular formula is C16H30. The van der Waals surface area contributed by atoms with E-state index >= 15 is 0 Å². The van der Waals surface area contributed by atoms with Gasteiger partial charge in [-0.15, -0.1) is 11.8 Å². The van der Waals surface area contributed by atoms with Gasteiger partial charge < -0.3 is 0 Å². The van der Waals surface area contributed by atoms with E-state index in [4.69, 9.17) is 0 Å². The lowest BCUT2D eigenvalue weighted by Gasteiger charge is -2.07. The molecule has 0 aromatic rings. The maximum absolute atomic E-state index is 3.30. The number of hydrogen-bond acceptors (Lipinski definition) is 0. The van der Waals surface area contributed by atoms with E-state index in [0.717, 1.165) is 18.8 Å². The Balaban J connectivity index is 3.19. The first-order valence-electron chi connectivity index (χ1n) is 7.27. The summed E-state index contributed by atoms with van der Waals surface area (Å²) < 4.78 is 0. The average molecular weight is 222 g/mol. The lowest BCUT2D eigenvalue weighted by atomic mass is 9.99. The van der Waals surface area contributed by atoms with E-state index in [1.807, 2.05) is 0 Å². The van der Waals surface area contributed by atoms with Crippen molar-refractivity contribution in [3.63, 3.8) is 0 Å². The molecule has 0 amide bonds. The fourth-order valence-electron chi connectivity index (χ4n) is 1.98. The van der Waals surface area contributed by atoms with Gasteiger partial charge in [-0.1, -0.05) is 59.3 Å². The van der Waals surface area contributed by atoms with Gasteiger partial charge in [-0.2, -0.15) is 0 Å². The molecule has 94 valence electrons. The van der Waals surface area contributed by atoms with Crippen molar-refractivity contribution >= 4 is 0 Å². The Morgan fingerprint density at radius 1 is 0.750 bits per heavy atom. The van der Waals surface area contributed by atoms with Crippen LogP contribution in [0.5, 0.6) is 0 Å². The predicted octanol–water partition coefficient (Wildman–Crippen LogP) is 5.57. The maximum Gasteiger partial charge on any atom is 0.00886 e. The molecule has 0 rings (SSSR count). The Morgan fingerprint density at radius 2 is 1.38 bits per heavy atom. The highest BCUT2D eigenvalue weighted by molar-refractivity contribution is 4.98. The van der Waals surface area contributed by atoms with Crippen LogP contribution < -0.4 is 0 Å². The predicted molar refractivity (Wildman–Crippen MR) is 74.5 cm³/mol. The quantitative estimate of drug-likeness (QED) is 0.353. The first-order valence-corrected chi connectivity index (χ1v) is 7.27. The van der Waals surface area contributed by atoms with E-state index in [0.29, 0.717) is 0 Å². The van der Waals surface area contributed by atoms with Gasteiger partial charge in [0.2, 0.25) is 0 Å². The van der Waals surface area contributed by atoms with E-state index in [2.05, 4.69) is 32.6 Å². The maximum atomic E-state index is 3.30. The van der Waals surface area contributed by atoms with E-state index in [9.17, 15) is 0 Å². The van der Waals surface area contributed by atoms with E-state index < -0.39 is 0 Å². The molecule has 0 nitrogen and oxygen atoms in total. The van der Waals surface area contributed by atoms with Crippen LogP contribution in [0.3, 0.4) is 0 Å². The van der Waals surface area contributed by atoms with Gasteiger partial charge in [0.05, 0.1) is 0 Å². The minimum atomic E-state index is 0.919. The molecule has 0 heterocycles. The highest BCUT2D eigenvalue weighted by atomic mass is 14.0. The Kier molecular flexibility index (Phi) is 12.3. The number of unbranched alkanes of at least 4 members (excludes halogenated alkanes) is 5. The van der Waals surface area contributed by atoms with E-state index in [-0.39, 0.29) is 0 Å². The van der Waals surface area contributed by atoms with Gasteiger partial charge in [-0.3, -0.25) is 0 Å². The summed E-state index contributed by atoms with van der Waals surface area (Å²) in [5.41, 5.74) is 0. The van der Waals surface area contributed by atoms with Gasteiger partial charge in [0, 0.05) is 12.8 Å². The van der Waals surface area contributed by atoms with Crippen LogP contribution in [-0.4, -0.2) is 0 Å². The molecule has 0 heteroatoms. The van der Waals surface area contributed by atoms with Crippen molar-refractivity contribution < 1.29 is 0 Å². The molecule has 0 aromatic heterocycles. The zero-order chi connectivity index (χ0) is 12.1. The lowest BCUT2D eigenvalue weighted by molar-refractivity contribution is 0.463. The third-order valence-corrected chi connectivity index (χ3v) is 3.06. The summed E-state index contributed by atoms with van der Waals surface area (Å²) in [6.45, 7) is 6.89. The third-order valence-electron chi connectivity index (χ3n) is 3.06. The first-order chi connectivity index (χ1) is 7.81. The summed E-state index contributed by atoms with van der Waals surface area (Å²) in [7, 11) is 0. The zero-order valence-electron chi connectivity index (χ0n) is 11.6. The Labute approximate surface area is 103 Å². The normalized spacial score (nSPS) is 11.9. The van der Waals surface area contributed by atoms with Crippen molar-refractivity contribution in [2.24, 2.45) is 5.92 Å². The van der Waals surface area contributed by atoms with Crippen molar-refractivity contribution in [3.05, 3.63) is 0 Å². The largest absolute Gasteiger partial charge is 0.103 e. The molecule has 0 fully saturated rings. The minimum Gasteiger partial charge on any atom is -0.103 e. The molecular weight excluding hydrogens is 192 g/mol. The van der Waals surface area contributed by atoms with Crippen molar-refractivity contribution in [1.82, 2.24) is 0 Å². The molecule has 0 aromatic carbocycles. The number of hydrogen-bond donors (Lipinski definition) is 0. The van der Waals surface area contributed by atoms with Crippen molar-refractivity contribution in [2.75, 3.05) is 0 Å². The first kappa shape index (κ1) is 15.6. The molecule has 0 saturated heterocycles. The molecule has 0 bridgehead atoms. The molecule has 0 aliphatic carbocycles. The van der Waals surface area contributed by atoms with Gasteiger partial charge in [0.15, 0.2) is 0 Å². The summed E-state index contributed by atoms with van der Waals surface area (Å²) in [4.78, 5) is 0. The van der Waals surface area contributed by atoms with Crippen LogP contribution in [0.25, 0.3) is 0 Å². The van der Waals surface area contributed by atoms with E-state index in [1.54, 1.807) is 0 Å². The monoisotopic (exact) mass is 222 g/mol. The average Bonchev–Trinajstić information content (AvgIpc) is 2.27. The molecule has 0 spiro atoms. The van der Waals surface area contributed by atoms with E-state index in [1.165, 1.54) is 51.4 Å².